The number of anilines is 1. The smallest absolute Gasteiger partial charge is 0.410 e. The number of carboxylic acid groups (broad SMARTS) is 1. The summed E-state index contributed by atoms with van der Waals surface area (Å²) in [5.41, 5.74) is 1.99. The fraction of sp³-hybridized carbons (Fsp3) is 0.655. The molecule has 0 radical (unpaired) electrons. The van der Waals surface area contributed by atoms with Crippen LogP contribution in [0.2, 0.25) is 0 Å². The van der Waals surface area contributed by atoms with Crippen molar-refractivity contribution in [3.8, 4) is 0 Å². The lowest BCUT2D eigenvalue weighted by Crippen LogP contribution is -2.51. The molecule has 1 aromatic carbocycles. The molecular formula is C29H41N5O6. The third kappa shape index (κ3) is 6.86. The average molecular weight is 556 g/mol. The summed E-state index contributed by atoms with van der Waals surface area (Å²) in [6.45, 7) is 4.49. The predicted octanol–water partition coefficient (Wildman–Crippen LogP) is 2.86. The van der Waals surface area contributed by atoms with Crippen molar-refractivity contribution >= 4 is 29.7 Å². The Balaban J connectivity index is 0.994. The second kappa shape index (κ2) is 12.9. The standard InChI is InChI=1S/C29H41N5O6/c35-26(32-14-8-23(9-15-32)31-12-5-21(6-13-31)19-27(36)37)20-40-29(39)33-16-10-24(11-17-33)34-18-7-22-3-1-2-4-25(22)30-28(34)38/h1-4,21,23-24H,5-20H2,(H,30,38)(H,36,37). The summed E-state index contributed by atoms with van der Waals surface area (Å²) in [4.78, 5) is 57.0. The molecule has 4 aliphatic heterocycles. The number of carbonyl (C=O) groups is 4. The summed E-state index contributed by atoms with van der Waals surface area (Å²) < 4.78 is 5.39. The zero-order valence-corrected chi connectivity index (χ0v) is 23.1. The number of piperidine rings is 3. The van der Waals surface area contributed by atoms with E-state index in [2.05, 4.69) is 10.2 Å². The number of ether oxygens (including phenoxy) is 1. The van der Waals surface area contributed by atoms with Gasteiger partial charge in [0.2, 0.25) is 0 Å². The van der Waals surface area contributed by atoms with Crippen molar-refractivity contribution in [3.05, 3.63) is 29.8 Å². The van der Waals surface area contributed by atoms with Crippen molar-refractivity contribution in [1.29, 1.82) is 0 Å². The fourth-order valence-corrected chi connectivity index (χ4v) is 6.65. The highest BCUT2D eigenvalue weighted by Crippen LogP contribution is 2.27. The molecule has 0 aliphatic carbocycles. The number of benzene rings is 1. The number of para-hydroxylation sites is 1. The predicted molar refractivity (Wildman–Crippen MR) is 148 cm³/mol. The highest BCUT2D eigenvalue weighted by Gasteiger charge is 2.33. The van der Waals surface area contributed by atoms with Gasteiger partial charge in [0.15, 0.2) is 6.61 Å². The van der Waals surface area contributed by atoms with Gasteiger partial charge >= 0.3 is 18.1 Å². The van der Waals surface area contributed by atoms with Crippen LogP contribution in [0.5, 0.6) is 0 Å². The first kappa shape index (κ1) is 28.2. The van der Waals surface area contributed by atoms with Gasteiger partial charge in [-0.2, -0.15) is 0 Å². The molecule has 4 aliphatic rings. The highest BCUT2D eigenvalue weighted by molar-refractivity contribution is 5.91. The largest absolute Gasteiger partial charge is 0.481 e. The molecular weight excluding hydrogens is 514 g/mol. The van der Waals surface area contributed by atoms with E-state index in [0.29, 0.717) is 51.6 Å². The first-order chi connectivity index (χ1) is 19.4. The number of carboxylic acids is 1. The van der Waals surface area contributed by atoms with E-state index in [1.54, 1.807) is 9.80 Å². The van der Waals surface area contributed by atoms with Gasteiger partial charge in [0.25, 0.3) is 5.91 Å². The number of likely N-dealkylation sites (tertiary alicyclic amines) is 3. The van der Waals surface area contributed by atoms with Gasteiger partial charge in [-0.05, 0) is 75.6 Å². The van der Waals surface area contributed by atoms with Gasteiger partial charge in [-0.25, -0.2) is 9.59 Å². The minimum Gasteiger partial charge on any atom is -0.481 e. The number of urea groups is 1. The molecule has 0 unspecified atom stereocenters. The van der Waals surface area contributed by atoms with Crippen LogP contribution in [0.15, 0.2) is 24.3 Å². The summed E-state index contributed by atoms with van der Waals surface area (Å²) in [6, 6.07) is 8.24. The molecule has 11 heteroatoms. The molecule has 3 fully saturated rings. The molecule has 5 rings (SSSR count). The number of rotatable bonds is 6. The third-order valence-electron chi connectivity index (χ3n) is 9.07. The van der Waals surface area contributed by atoms with Crippen LogP contribution < -0.4 is 5.32 Å². The quantitative estimate of drug-likeness (QED) is 0.553. The van der Waals surface area contributed by atoms with Gasteiger partial charge in [0, 0.05) is 56.9 Å². The van der Waals surface area contributed by atoms with Crippen LogP contribution in [0, 0.1) is 5.92 Å². The van der Waals surface area contributed by atoms with Gasteiger partial charge < -0.3 is 34.8 Å². The Bertz CT molecular complexity index is 1070. The Kier molecular flexibility index (Phi) is 9.08. The second-order valence-electron chi connectivity index (χ2n) is 11.5. The summed E-state index contributed by atoms with van der Waals surface area (Å²) >= 11 is 0. The molecule has 0 spiro atoms. The van der Waals surface area contributed by atoms with Crippen LogP contribution in [0.25, 0.3) is 0 Å². The third-order valence-corrected chi connectivity index (χ3v) is 9.07. The topological polar surface area (TPSA) is 123 Å². The zero-order chi connectivity index (χ0) is 28.1. The van der Waals surface area contributed by atoms with Crippen LogP contribution in [0.3, 0.4) is 0 Å². The number of aliphatic carboxylic acids is 1. The lowest BCUT2D eigenvalue weighted by molar-refractivity contribution is -0.138. The maximum atomic E-state index is 12.8. The maximum absolute atomic E-state index is 12.8. The molecule has 0 bridgehead atoms. The summed E-state index contributed by atoms with van der Waals surface area (Å²) in [6.07, 6.45) is 5.51. The second-order valence-corrected chi connectivity index (χ2v) is 11.5. The van der Waals surface area contributed by atoms with E-state index in [0.717, 1.165) is 56.4 Å². The maximum Gasteiger partial charge on any atom is 0.410 e. The normalized spacial score (nSPS) is 21.9. The Morgan fingerprint density at radius 1 is 0.850 bits per heavy atom. The van der Waals surface area contributed by atoms with E-state index < -0.39 is 12.1 Å². The number of nitrogens with zero attached hydrogens (tertiary/aromatic N) is 4. The number of hydrogen-bond donors (Lipinski definition) is 2. The highest BCUT2D eigenvalue weighted by atomic mass is 16.6. The molecule has 3 saturated heterocycles. The van der Waals surface area contributed by atoms with E-state index in [9.17, 15) is 19.2 Å². The number of amides is 4. The minimum atomic E-state index is -0.719. The Labute approximate surface area is 235 Å². The van der Waals surface area contributed by atoms with Crippen molar-refractivity contribution < 1.29 is 29.0 Å². The molecule has 2 N–H and O–H groups in total. The summed E-state index contributed by atoms with van der Waals surface area (Å²) in [5, 5.41) is 12.0. The molecule has 0 saturated carbocycles. The number of hydrogen-bond acceptors (Lipinski definition) is 6. The van der Waals surface area contributed by atoms with Crippen LogP contribution in [0.4, 0.5) is 15.3 Å². The average Bonchev–Trinajstić information content (AvgIpc) is 3.14. The van der Waals surface area contributed by atoms with Crippen LogP contribution >= 0.6 is 0 Å². The fourth-order valence-electron chi connectivity index (χ4n) is 6.65. The Hall–Kier alpha value is -3.34. The SMILES string of the molecule is O=C(O)CC1CCN(C2CCN(C(=O)COC(=O)N3CCC(N4CCc5ccccc5NC4=O)CC3)CC2)CC1. The Morgan fingerprint density at radius 2 is 1.50 bits per heavy atom. The van der Waals surface area contributed by atoms with Crippen molar-refractivity contribution in [2.45, 2.75) is 63.5 Å². The number of fused-ring (bicyclic) bond motifs is 1. The number of carbonyl (C=O) groups excluding carboxylic acids is 3. The monoisotopic (exact) mass is 555 g/mol. The first-order valence-electron chi connectivity index (χ1n) is 14.7. The lowest BCUT2D eigenvalue weighted by atomic mass is 9.91. The first-order valence-corrected chi connectivity index (χ1v) is 14.7. The molecule has 1 aromatic rings. The minimum absolute atomic E-state index is 0.0595. The van der Waals surface area contributed by atoms with Crippen LogP contribution in [-0.2, 0) is 20.7 Å². The van der Waals surface area contributed by atoms with Gasteiger partial charge in [0.1, 0.15) is 0 Å². The van der Waals surface area contributed by atoms with E-state index in [-0.39, 0.29) is 36.9 Å². The molecule has 218 valence electrons. The van der Waals surface area contributed by atoms with Crippen molar-refractivity contribution in [2.24, 2.45) is 5.92 Å². The van der Waals surface area contributed by atoms with Gasteiger partial charge in [-0.1, -0.05) is 18.2 Å². The van der Waals surface area contributed by atoms with Gasteiger partial charge in [-0.3, -0.25) is 9.59 Å². The molecule has 4 heterocycles. The van der Waals surface area contributed by atoms with E-state index >= 15 is 0 Å². The van der Waals surface area contributed by atoms with Crippen molar-refractivity contribution in [3.63, 3.8) is 0 Å². The van der Waals surface area contributed by atoms with Crippen LogP contribution in [0.1, 0.15) is 50.5 Å². The van der Waals surface area contributed by atoms with Gasteiger partial charge in [-0.15, -0.1) is 0 Å². The molecule has 0 atom stereocenters. The van der Waals surface area contributed by atoms with E-state index in [1.807, 2.05) is 29.2 Å². The summed E-state index contributed by atoms with van der Waals surface area (Å²) in [5.74, 6) is -0.616. The number of nitrogens with one attached hydrogen (secondary N) is 1. The van der Waals surface area contributed by atoms with E-state index in [4.69, 9.17) is 9.84 Å². The molecule has 11 nitrogen and oxygen atoms in total. The molecule has 4 amide bonds. The zero-order valence-electron chi connectivity index (χ0n) is 23.1. The van der Waals surface area contributed by atoms with Crippen molar-refractivity contribution in [2.75, 3.05) is 57.7 Å². The van der Waals surface area contributed by atoms with E-state index in [1.165, 1.54) is 0 Å². The molecule has 40 heavy (non-hydrogen) atoms. The van der Waals surface area contributed by atoms with Crippen molar-refractivity contribution in [1.82, 2.24) is 19.6 Å². The Morgan fingerprint density at radius 3 is 2.20 bits per heavy atom. The van der Waals surface area contributed by atoms with Gasteiger partial charge in [0.05, 0.1) is 0 Å². The summed E-state index contributed by atoms with van der Waals surface area (Å²) in [7, 11) is 0. The lowest BCUT2D eigenvalue weighted by Gasteiger charge is -2.41. The van der Waals surface area contributed by atoms with Crippen LogP contribution in [-0.4, -0.2) is 113 Å². The molecule has 0 aromatic heterocycles.